The van der Waals surface area contributed by atoms with Gasteiger partial charge < -0.3 is 10.0 Å². The molecule has 1 saturated heterocycles. The number of nitrogens with zero attached hydrogens (tertiary/aromatic N) is 1. The van der Waals surface area contributed by atoms with Gasteiger partial charge in [-0.25, -0.2) is 4.79 Å². The van der Waals surface area contributed by atoms with Gasteiger partial charge in [-0.3, -0.25) is 9.59 Å². The van der Waals surface area contributed by atoms with Crippen LogP contribution in [0.5, 0.6) is 0 Å². The maximum Gasteiger partial charge on any atom is 0.327 e. The van der Waals surface area contributed by atoms with E-state index in [1.54, 1.807) is 24.3 Å². The molecular weight excluding hydrogens is 310 g/mol. The molecule has 1 fully saturated rings. The first-order chi connectivity index (χ1) is 10.1. The van der Waals surface area contributed by atoms with E-state index in [2.05, 4.69) is 0 Å². The largest absolute Gasteiger partial charge is 0.480 e. The summed E-state index contributed by atoms with van der Waals surface area (Å²) in [5, 5.41) is 8.95. The minimum Gasteiger partial charge on any atom is -0.480 e. The van der Waals surface area contributed by atoms with Crippen molar-refractivity contribution in [3.05, 3.63) is 35.9 Å². The van der Waals surface area contributed by atoms with E-state index in [-0.39, 0.29) is 17.4 Å². The van der Waals surface area contributed by atoms with Crippen LogP contribution in [0.4, 0.5) is 0 Å². The van der Waals surface area contributed by atoms with Crippen molar-refractivity contribution in [2.24, 2.45) is 0 Å². The molecule has 1 aliphatic heterocycles. The highest BCUT2D eigenvalue weighted by atomic mass is 32.2. The predicted octanol–water partition coefficient (Wildman–Crippen LogP) is 1.94. The number of hydrogen-bond donors (Lipinski definition) is 1. The normalized spacial score (nSPS) is 17.7. The summed E-state index contributed by atoms with van der Waals surface area (Å²) in [4.78, 5) is 36.3. The Kier molecular flexibility index (Phi) is 5.69. The first-order valence-electron chi connectivity index (χ1n) is 6.42. The third kappa shape index (κ3) is 4.25. The second kappa shape index (κ2) is 7.51. The smallest absolute Gasteiger partial charge is 0.327 e. The van der Waals surface area contributed by atoms with E-state index < -0.39 is 12.0 Å². The summed E-state index contributed by atoms with van der Waals surface area (Å²) in [7, 11) is 0. The third-order valence-electron chi connectivity index (χ3n) is 3.05. The summed E-state index contributed by atoms with van der Waals surface area (Å²) in [5.74, 6) is 0.0202. The predicted molar refractivity (Wildman–Crippen MR) is 83.4 cm³/mol. The van der Waals surface area contributed by atoms with E-state index in [1.165, 1.54) is 16.7 Å². The highest BCUT2D eigenvalue weighted by Gasteiger charge is 2.34. The van der Waals surface area contributed by atoms with E-state index in [1.807, 2.05) is 6.07 Å². The molecule has 1 aromatic carbocycles. The molecule has 1 amide bonds. The molecule has 1 aliphatic rings. The number of carboxylic acid groups (broad SMARTS) is 1. The molecule has 1 N–H and O–H groups in total. The molecule has 21 heavy (non-hydrogen) atoms. The Morgan fingerprint density at radius 2 is 2.00 bits per heavy atom. The van der Waals surface area contributed by atoms with E-state index in [4.69, 9.17) is 5.11 Å². The van der Waals surface area contributed by atoms with Crippen LogP contribution in [0.3, 0.4) is 0 Å². The highest BCUT2D eigenvalue weighted by Crippen LogP contribution is 2.22. The van der Waals surface area contributed by atoms with Crippen molar-refractivity contribution >= 4 is 40.5 Å². The molecule has 1 aromatic rings. The summed E-state index contributed by atoms with van der Waals surface area (Å²) in [6, 6.07) is 8.14. The van der Waals surface area contributed by atoms with Crippen LogP contribution in [0.25, 0.3) is 0 Å². The highest BCUT2D eigenvalue weighted by molar-refractivity contribution is 8.14. The van der Waals surface area contributed by atoms with Gasteiger partial charge in [0.25, 0.3) is 0 Å². The van der Waals surface area contributed by atoms with E-state index in [0.717, 1.165) is 11.8 Å². The van der Waals surface area contributed by atoms with Crippen molar-refractivity contribution in [1.82, 2.24) is 4.90 Å². The van der Waals surface area contributed by atoms with Gasteiger partial charge in [-0.1, -0.05) is 42.1 Å². The Labute approximate surface area is 131 Å². The van der Waals surface area contributed by atoms with Gasteiger partial charge in [0, 0.05) is 23.5 Å². The zero-order chi connectivity index (χ0) is 15.2. The van der Waals surface area contributed by atoms with Gasteiger partial charge in [0.15, 0.2) is 0 Å². The van der Waals surface area contributed by atoms with E-state index >= 15 is 0 Å². The van der Waals surface area contributed by atoms with Crippen LogP contribution in [-0.2, 0) is 9.59 Å². The lowest BCUT2D eigenvalue weighted by molar-refractivity contribution is -0.147. The molecule has 0 aliphatic carbocycles. The monoisotopic (exact) mass is 325 g/mol. The van der Waals surface area contributed by atoms with Gasteiger partial charge in [-0.2, -0.15) is 0 Å². The fourth-order valence-corrected chi connectivity index (χ4v) is 3.86. The minimum atomic E-state index is -0.971. The number of benzene rings is 1. The summed E-state index contributed by atoms with van der Waals surface area (Å²) in [6.45, 7) is 0. The minimum absolute atomic E-state index is 0.0750. The molecule has 0 spiro atoms. The van der Waals surface area contributed by atoms with Crippen LogP contribution in [0.2, 0.25) is 0 Å². The molecular formula is C14H15NO4S2. The van der Waals surface area contributed by atoms with Crippen molar-refractivity contribution in [2.75, 3.05) is 17.4 Å². The fraction of sp³-hybridized carbons (Fsp3) is 0.357. The average Bonchev–Trinajstić information content (AvgIpc) is 2.97. The summed E-state index contributed by atoms with van der Waals surface area (Å²) in [5.41, 5.74) is 0.607. The summed E-state index contributed by atoms with van der Waals surface area (Å²) >= 11 is 2.52. The fourth-order valence-electron chi connectivity index (χ4n) is 1.93. The molecule has 0 bridgehead atoms. The lowest BCUT2D eigenvalue weighted by Crippen LogP contribution is -2.41. The zero-order valence-electron chi connectivity index (χ0n) is 11.2. The van der Waals surface area contributed by atoms with Crippen LogP contribution in [0, 0.1) is 0 Å². The number of aliphatic carboxylic acids is 1. The molecule has 112 valence electrons. The Morgan fingerprint density at radius 3 is 2.67 bits per heavy atom. The number of hydrogen-bond acceptors (Lipinski definition) is 5. The second-order valence-electron chi connectivity index (χ2n) is 4.47. The number of carboxylic acids is 1. The summed E-state index contributed by atoms with van der Waals surface area (Å²) < 4.78 is 0. The third-order valence-corrected chi connectivity index (χ3v) is 4.96. The number of carbonyl (C=O) groups excluding carboxylic acids is 2. The molecule has 1 unspecified atom stereocenters. The van der Waals surface area contributed by atoms with Crippen molar-refractivity contribution in [3.8, 4) is 0 Å². The first kappa shape index (κ1) is 15.9. The van der Waals surface area contributed by atoms with Gasteiger partial charge in [0.1, 0.15) is 6.04 Å². The van der Waals surface area contributed by atoms with Crippen LogP contribution in [0.1, 0.15) is 16.8 Å². The van der Waals surface area contributed by atoms with E-state index in [0.29, 0.717) is 22.9 Å². The van der Waals surface area contributed by atoms with Gasteiger partial charge in [-0.15, -0.1) is 11.8 Å². The number of thioether (sulfide) groups is 2. The van der Waals surface area contributed by atoms with E-state index in [9.17, 15) is 14.4 Å². The lowest BCUT2D eigenvalue weighted by Gasteiger charge is -2.20. The Balaban J connectivity index is 1.79. The molecule has 1 atom stereocenters. The van der Waals surface area contributed by atoms with Gasteiger partial charge in [0.05, 0.1) is 5.88 Å². The second-order valence-corrected chi connectivity index (χ2v) is 6.54. The maximum atomic E-state index is 12.0. The Hall–Kier alpha value is -1.47. The van der Waals surface area contributed by atoms with Crippen LogP contribution < -0.4 is 0 Å². The van der Waals surface area contributed by atoms with Crippen LogP contribution in [0.15, 0.2) is 30.3 Å². The van der Waals surface area contributed by atoms with Gasteiger partial charge in [-0.05, 0) is 0 Å². The first-order valence-corrected chi connectivity index (χ1v) is 8.56. The molecule has 2 rings (SSSR count). The molecule has 7 heteroatoms. The SMILES string of the molecule is O=C(SCCC(=O)N1CSCC1C(=O)O)c1ccccc1. The summed E-state index contributed by atoms with van der Waals surface area (Å²) in [6.07, 6.45) is 0.174. The van der Waals surface area contributed by atoms with Crippen LogP contribution >= 0.6 is 23.5 Å². The molecule has 5 nitrogen and oxygen atoms in total. The molecule has 1 heterocycles. The maximum absolute atomic E-state index is 12.0. The molecule has 0 saturated carbocycles. The number of amides is 1. The average molecular weight is 325 g/mol. The Bertz CT molecular complexity index is 535. The van der Waals surface area contributed by atoms with Gasteiger partial charge in [0.2, 0.25) is 11.0 Å². The Morgan fingerprint density at radius 1 is 1.29 bits per heavy atom. The van der Waals surface area contributed by atoms with Crippen LogP contribution in [-0.4, -0.2) is 50.4 Å². The van der Waals surface area contributed by atoms with Gasteiger partial charge >= 0.3 is 5.97 Å². The lowest BCUT2D eigenvalue weighted by atomic mass is 10.2. The molecule has 0 radical (unpaired) electrons. The quantitative estimate of drug-likeness (QED) is 0.892. The number of rotatable bonds is 5. The molecule has 0 aromatic heterocycles. The zero-order valence-corrected chi connectivity index (χ0v) is 12.9. The standard InChI is InChI=1S/C14H15NO4S2/c16-12(15-9-20-8-11(15)13(17)18)6-7-21-14(19)10-4-2-1-3-5-10/h1-5,11H,6-9H2,(H,17,18). The topological polar surface area (TPSA) is 74.7 Å². The van der Waals surface area contributed by atoms with Crippen molar-refractivity contribution in [3.63, 3.8) is 0 Å². The van der Waals surface area contributed by atoms with Crippen molar-refractivity contribution in [1.29, 1.82) is 0 Å². The van der Waals surface area contributed by atoms with Crippen molar-refractivity contribution < 1.29 is 19.5 Å². The number of carbonyl (C=O) groups is 3. The van der Waals surface area contributed by atoms with Crippen molar-refractivity contribution in [2.45, 2.75) is 12.5 Å².